The SMILES string of the molecule is COC(=O)CC=CCCC(C)c1cc(O)c(C(=O)C(C)=Cc2ccc(OCC(F)F)cc2C)c(=O)o1. The van der Waals surface area contributed by atoms with Crippen LogP contribution in [0.25, 0.3) is 6.08 Å². The van der Waals surface area contributed by atoms with Gasteiger partial charge in [0.1, 0.15) is 29.4 Å². The van der Waals surface area contributed by atoms with Crippen LogP contribution in [-0.2, 0) is 9.53 Å². The van der Waals surface area contributed by atoms with Crippen molar-refractivity contribution in [2.75, 3.05) is 13.7 Å². The molecule has 0 bridgehead atoms. The summed E-state index contributed by atoms with van der Waals surface area (Å²) in [6, 6.07) is 5.95. The van der Waals surface area contributed by atoms with Gasteiger partial charge in [0.05, 0.1) is 13.5 Å². The predicted molar refractivity (Wildman–Crippen MR) is 131 cm³/mol. The van der Waals surface area contributed by atoms with Gasteiger partial charge in [0.25, 0.3) is 6.43 Å². The molecule has 0 fully saturated rings. The van der Waals surface area contributed by atoms with Crippen LogP contribution < -0.4 is 10.4 Å². The molecular weight excluding hydrogens is 474 g/mol. The minimum Gasteiger partial charge on any atom is -0.507 e. The molecule has 1 aromatic carbocycles. The molecule has 0 amide bonds. The van der Waals surface area contributed by atoms with E-state index in [0.717, 1.165) is 0 Å². The first kappa shape index (κ1) is 28.5. The van der Waals surface area contributed by atoms with E-state index in [2.05, 4.69) is 4.74 Å². The van der Waals surface area contributed by atoms with Gasteiger partial charge in [-0.2, -0.15) is 0 Å². The van der Waals surface area contributed by atoms with Gasteiger partial charge in [-0.1, -0.05) is 25.1 Å². The van der Waals surface area contributed by atoms with E-state index in [4.69, 9.17) is 9.15 Å². The summed E-state index contributed by atoms with van der Waals surface area (Å²) in [7, 11) is 1.31. The number of alkyl halides is 2. The lowest BCUT2D eigenvalue weighted by Crippen LogP contribution is -2.16. The van der Waals surface area contributed by atoms with Crippen LogP contribution in [0.2, 0.25) is 0 Å². The van der Waals surface area contributed by atoms with Gasteiger partial charge in [0, 0.05) is 12.0 Å². The Labute approximate surface area is 208 Å². The second-order valence-corrected chi connectivity index (χ2v) is 8.30. The molecule has 1 atom stereocenters. The maximum absolute atomic E-state index is 12.9. The number of aryl methyl sites for hydroxylation is 1. The zero-order valence-corrected chi connectivity index (χ0v) is 20.7. The van der Waals surface area contributed by atoms with Crippen LogP contribution >= 0.6 is 0 Å². The van der Waals surface area contributed by atoms with E-state index in [1.165, 1.54) is 32.2 Å². The maximum atomic E-state index is 12.9. The summed E-state index contributed by atoms with van der Waals surface area (Å²) >= 11 is 0. The molecule has 1 aromatic heterocycles. The zero-order valence-electron chi connectivity index (χ0n) is 20.7. The van der Waals surface area contributed by atoms with Crippen LogP contribution in [0.5, 0.6) is 11.5 Å². The predicted octanol–water partition coefficient (Wildman–Crippen LogP) is 5.59. The van der Waals surface area contributed by atoms with E-state index in [1.54, 1.807) is 25.1 Å². The molecule has 9 heteroatoms. The van der Waals surface area contributed by atoms with Crippen molar-refractivity contribution in [1.29, 1.82) is 0 Å². The number of carbonyl (C=O) groups is 2. The number of ether oxygens (including phenoxy) is 2. The lowest BCUT2D eigenvalue weighted by atomic mass is 9.98. The third kappa shape index (κ3) is 8.18. The van der Waals surface area contributed by atoms with Crippen molar-refractivity contribution in [3.63, 3.8) is 0 Å². The lowest BCUT2D eigenvalue weighted by Gasteiger charge is -2.11. The van der Waals surface area contributed by atoms with Crippen molar-refractivity contribution >= 4 is 17.8 Å². The third-order valence-corrected chi connectivity index (χ3v) is 5.46. The lowest BCUT2D eigenvalue weighted by molar-refractivity contribution is -0.139. The summed E-state index contributed by atoms with van der Waals surface area (Å²) < 4.78 is 39.5. The van der Waals surface area contributed by atoms with E-state index in [0.29, 0.717) is 24.0 Å². The average Bonchev–Trinajstić information content (AvgIpc) is 2.82. The summed E-state index contributed by atoms with van der Waals surface area (Å²) in [5.74, 6) is -1.21. The molecule has 1 N–H and O–H groups in total. The molecule has 0 saturated heterocycles. The molecular formula is C27H30F2O7. The maximum Gasteiger partial charge on any atom is 0.351 e. The van der Waals surface area contributed by atoms with Gasteiger partial charge in [-0.15, -0.1) is 0 Å². The molecule has 0 spiro atoms. The van der Waals surface area contributed by atoms with Crippen LogP contribution in [0.1, 0.15) is 66.3 Å². The monoisotopic (exact) mass is 504 g/mol. The van der Waals surface area contributed by atoms with E-state index in [9.17, 15) is 28.3 Å². The Hall–Kier alpha value is -3.75. The molecule has 0 aliphatic carbocycles. The first-order valence-electron chi connectivity index (χ1n) is 11.4. The minimum atomic E-state index is -2.59. The zero-order chi connectivity index (χ0) is 26.8. The van der Waals surface area contributed by atoms with Crippen LogP contribution in [0.15, 0.2) is 51.2 Å². The van der Waals surface area contributed by atoms with Crippen LogP contribution in [-0.4, -0.2) is 37.0 Å². The number of carbonyl (C=O) groups excluding carboxylic acids is 2. The van der Waals surface area contributed by atoms with Crippen LogP contribution in [0.3, 0.4) is 0 Å². The number of ketones is 1. The number of aromatic hydroxyl groups is 1. The molecule has 0 radical (unpaired) electrons. The summed E-state index contributed by atoms with van der Waals surface area (Å²) in [5.41, 5.74) is 0.0728. The summed E-state index contributed by atoms with van der Waals surface area (Å²) in [6.45, 7) is 4.32. The van der Waals surface area contributed by atoms with Gasteiger partial charge < -0.3 is 19.0 Å². The van der Waals surface area contributed by atoms with Crippen LogP contribution in [0, 0.1) is 6.92 Å². The summed E-state index contributed by atoms with van der Waals surface area (Å²) in [6.07, 6.45) is 3.81. The van der Waals surface area contributed by atoms with Gasteiger partial charge >= 0.3 is 11.6 Å². The van der Waals surface area contributed by atoms with E-state index < -0.39 is 35.8 Å². The molecule has 0 aliphatic heterocycles. The largest absolute Gasteiger partial charge is 0.507 e. The Bertz CT molecular complexity index is 1200. The normalized spacial score (nSPS) is 12.7. The molecule has 36 heavy (non-hydrogen) atoms. The van der Waals surface area contributed by atoms with Gasteiger partial charge in [0.15, 0.2) is 5.78 Å². The average molecular weight is 505 g/mol. The van der Waals surface area contributed by atoms with Crippen molar-refractivity contribution < 1.29 is 37.4 Å². The summed E-state index contributed by atoms with van der Waals surface area (Å²) in [5, 5.41) is 10.4. The highest BCUT2D eigenvalue weighted by molar-refractivity contribution is 6.12. The number of hydrogen-bond donors (Lipinski definition) is 1. The van der Waals surface area contributed by atoms with Gasteiger partial charge in [-0.3, -0.25) is 9.59 Å². The molecule has 2 aromatic rings. The van der Waals surface area contributed by atoms with Gasteiger partial charge in [-0.05, 0) is 61.6 Å². The molecule has 1 unspecified atom stereocenters. The second kappa shape index (κ2) is 13.4. The fourth-order valence-corrected chi connectivity index (χ4v) is 3.38. The van der Waals surface area contributed by atoms with E-state index in [1.807, 2.05) is 13.0 Å². The standard InChI is InChI=1S/C27H30F2O7/c1-16(8-6-5-7-9-24(31)34-4)22-14-21(30)25(27(33)36-22)26(32)18(3)12-19-10-11-20(13-17(19)2)35-15-23(28)29/h5,7,10-14,16,23,30H,6,8-9,15H2,1-4H3. The first-order valence-corrected chi connectivity index (χ1v) is 11.4. The number of Topliss-reactive ketones (excluding diaryl/α,β-unsaturated/α-hetero) is 1. The Kier molecular flexibility index (Phi) is 10.6. The molecule has 194 valence electrons. The van der Waals surface area contributed by atoms with Crippen molar-refractivity contribution in [3.8, 4) is 11.5 Å². The molecule has 7 nitrogen and oxygen atoms in total. The number of hydrogen-bond acceptors (Lipinski definition) is 7. The smallest absolute Gasteiger partial charge is 0.351 e. The number of rotatable bonds is 12. The molecule has 0 aliphatic rings. The Morgan fingerprint density at radius 1 is 1.19 bits per heavy atom. The number of allylic oxidation sites excluding steroid dienone is 2. The van der Waals surface area contributed by atoms with Crippen molar-refractivity contribution in [3.05, 3.63) is 74.9 Å². The third-order valence-electron chi connectivity index (χ3n) is 5.46. The van der Waals surface area contributed by atoms with Crippen molar-refractivity contribution in [2.45, 2.75) is 52.4 Å². The fraction of sp³-hybridized carbons (Fsp3) is 0.370. The highest BCUT2D eigenvalue weighted by Crippen LogP contribution is 2.27. The van der Waals surface area contributed by atoms with Gasteiger partial charge in [0.2, 0.25) is 0 Å². The number of esters is 1. The summed E-state index contributed by atoms with van der Waals surface area (Å²) in [4.78, 5) is 36.6. The second-order valence-electron chi connectivity index (χ2n) is 8.30. The Morgan fingerprint density at radius 2 is 1.92 bits per heavy atom. The van der Waals surface area contributed by atoms with Gasteiger partial charge in [-0.25, -0.2) is 13.6 Å². The topological polar surface area (TPSA) is 103 Å². The number of halogens is 2. The van der Waals surface area contributed by atoms with E-state index >= 15 is 0 Å². The Balaban J connectivity index is 2.14. The molecule has 0 saturated carbocycles. The van der Waals surface area contributed by atoms with Crippen molar-refractivity contribution in [2.24, 2.45) is 0 Å². The number of benzene rings is 1. The first-order chi connectivity index (χ1) is 17.0. The molecule has 1 heterocycles. The fourth-order valence-electron chi connectivity index (χ4n) is 3.38. The quantitative estimate of drug-likeness (QED) is 0.174. The highest BCUT2D eigenvalue weighted by Gasteiger charge is 2.22. The Morgan fingerprint density at radius 3 is 2.53 bits per heavy atom. The van der Waals surface area contributed by atoms with Crippen LogP contribution in [0.4, 0.5) is 8.78 Å². The van der Waals surface area contributed by atoms with E-state index in [-0.39, 0.29) is 35.4 Å². The minimum absolute atomic E-state index is 0.167. The highest BCUT2D eigenvalue weighted by atomic mass is 19.3. The van der Waals surface area contributed by atoms with Crippen molar-refractivity contribution in [1.82, 2.24) is 0 Å². The number of methoxy groups -OCH3 is 1. The molecule has 2 rings (SSSR count).